The number of nitrogens with zero attached hydrogens (tertiary/aromatic N) is 2. The van der Waals surface area contributed by atoms with E-state index in [4.69, 9.17) is 0 Å². The first-order valence-corrected chi connectivity index (χ1v) is 6.16. The Kier molecular flexibility index (Phi) is 5.23. The van der Waals surface area contributed by atoms with Gasteiger partial charge in [0.25, 0.3) is 5.69 Å². The van der Waals surface area contributed by atoms with Crippen molar-refractivity contribution in [2.75, 3.05) is 26.0 Å². The third kappa shape index (κ3) is 4.48. The summed E-state index contributed by atoms with van der Waals surface area (Å²) in [5, 5.41) is 13.7. The van der Waals surface area contributed by atoms with Gasteiger partial charge in [-0.1, -0.05) is 13.8 Å². The highest BCUT2D eigenvalue weighted by Crippen LogP contribution is 2.22. The fourth-order valence-corrected chi connectivity index (χ4v) is 1.75. The number of nitro benzene ring substituents is 1. The molecule has 0 fully saturated rings. The molecule has 1 atom stereocenters. The van der Waals surface area contributed by atoms with E-state index < -0.39 is 10.7 Å². The van der Waals surface area contributed by atoms with E-state index in [0.29, 0.717) is 11.6 Å². The Hall–Kier alpha value is -1.69. The van der Waals surface area contributed by atoms with Crippen LogP contribution < -0.4 is 5.32 Å². The first-order valence-electron chi connectivity index (χ1n) is 6.16. The summed E-state index contributed by atoms with van der Waals surface area (Å²) in [6.45, 7) is 4.85. The van der Waals surface area contributed by atoms with Crippen molar-refractivity contribution in [1.82, 2.24) is 4.90 Å². The summed E-state index contributed by atoms with van der Waals surface area (Å²) >= 11 is 0. The molecule has 19 heavy (non-hydrogen) atoms. The van der Waals surface area contributed by atoms with E-state index in [1.54, 1.807) is 0 Å². The molecule has 0 heterocycles. The van der Waals surface area contributed by atoms with E-state index in [1.807, 2.05) is 32.8 Å². The molecular formula is C13H20FN3O2. The molecule has 0 radical (unpaired) electrons. The lowest BCUT2D eigenvalue weighted by molar-refractivity contribution is -0.385. The molecule has 0 amide bonds. The van der Waals surface area contributed by atoms with Gasteiger partial charge in [-0.25, -0.2) is 4.39 Å². The molecule has 0 bridgehead atoms. The van der Waals surface area contributed by atoms with Crippen LogP contribution in [-0.4, -0.2) is 36.5 Å². The summed E-state index contributed by atoms with van der Waals surface area (Å²) in [6.07, 6.45) is 0. The molecule has 1 rings (SSSR count). The molecular weight excluding hydrogens is 249 g/mol. The highest BCUT2D eigenvalue weighted by molar-refractivity contribution is 5.50. The Balaban J connectivity index is 2.88. The van der Waals surface area contributed by atoms with E-state index in [9.17, 15) is 14.5 Å². The first kappa shape index (κ1) is 15.4. The topological polar surface area (TPSA) is 58.4 Å². The number of nitrogens with one attached hydrogen (secondary N) is 1. The molecule has 0 aliphatic carbocycles. The summed E-state index contributed by atoms with van der Waals surface area (Å²) in [7, 11) is 3.90. The number of benzene rings is 1. The summed E-state index contributed by atoms with van der Waals surface area (Å²) in [5.74, 6) is -0.282. The van der Waals surface area contributed by atoms with Crippen LogP contribution in [0.25, 0.3) is 0 Å². The van der Waals surface area contributed by atoms with Crippen LogP contribution in [0.1, 0.15) is 13.8 Å². The minimum Gasteiger partial charge on any atom is -0.378 e. The molecule has 106 valence electrons. The Morgan fingerprint density at radius 1 is 1.42 bits per heavy atom. The molecule has 5 nitrogen and oxygen atoms in total. The fraction of sp³-hybridized carbons (Fsp3) is 0.538. The number of rotatable bonds is 6. The van der Waals surface area contributed by atoms with Crippen LogP contribution in [0.3, 0.4) is 0 Å². The van der Waals surface area contributed by atoms with E-state index in [1.165, 1.54) is 12.1 Å². The second kappa shape index (κ2) is 6.47. The van der Waals surface area contributed by atoms with Crippen LogP contribution >= 0.6 is 0 Å². The molecule has 0 aliphatic rings. The van der Waals surface area contributed by atoms with Crippen molar-refractivity contribution in [3.8, 4) is 0 Å². The van der Waals surface area contributed by atoms with Crippen LogP contribution in [-0.2, 0) is 0 Å². The molecule has 6 heteroatoms. The highest BCUT2D eigenvalue weighted by atomic mass is 19.1. The molecule has 1 N–H and O–H groups in total. The predicted octanol–water partition coefficient (Wildman–Crippen LogP) is 2.73. The number of hydrogen-bond acceptors (Lipinski definition) is 4. The Morgan fingerprint density at radius 2 is 2.05 bits per heavy atom. The van der Waals surface area contributed by atoms with Gasteiger partial charge in [0.05, 0.1) is 16.7 Å². The van der Waals surface area contributed by atoms with Crippen molar-refractivity contribution < 1.29 is 9.31 Å². The number of halogens is 1. The van der Waals surface area contributed by atoms with Crippen LogP contribution in [0.15, 0.2) is 18.2 Å². The van der Waals surface area contributed by atoms with Crippen molar-refractivity contribution in [3.63, 3.8) is 0 Å². The lowest BCUT2D eigenvalue weighted by Gasteiger charge is -2.26. The fourth-order valence-electron chi connectivity index (χ4n) is 1.75. The maximum atomic E-state index is 13.8. The van der Waals surface area contributed by atoms with Gasteiger partial charge in [-0.15, -0.1) is 0 Å². The number of nitro groups is 1. The van der Waals surface area contributed by atoms with Crippen LogP contribution in [0.4, 0.5) is 15.8 Å². The van der Waals surface area contributed by atoms with Crippen molar-refractivity contribution in [2.24, 2.45) is 5.92 Å². The molecule has 0 aliphatic heterocycles. The Bertz CT molecular complexity index is 450. The quantitative estimate of drug-likeness (QED) is 0.637. The van der Waals surface area contributed by atoms with Crippen LogP contribution in [0.5, 0.6) is 0 Å². The molecule has 0 aromatic heterocycles. The van der Waals surface area contributed by atoms with E-state index in [-0.39, 0.29) is 11.7 Å². The zero-order valence-corrected chi connectivity index (χ0v) is 11.7. The monoisotopic (exact) mass is 269 g/mol. The van der Waals surface area contributed by atoms with Crippen LogP contribution in [0, 0.1) is 21.8 Å². The Labute approximate surface area is 112 Å². The smallest absolute Gasteiger partial charge is 0.272 e. The van der Waals surface area contributed by atoms with E-state index >= 15 is 0 Å². The second-order valence-electron chi connectivity index (χ2n) is 5.18. The van der Waals surface area contributed by atoms with Gasteiger partial charge >= 0.3 is 0 Å². The molecule has 0 saturated heterocycles. The molecule has 1 unspecified atom stereocenters. The SMILES string of the molecule is CC(C)C(CN(C)C)Nc1ccc([N+](=O)[O-])cc1F. The highest BCUT2D eigenvalue weighted by Gasteiger charge is 2.17. The predicted molar refractivity (Wildman–Crippen MR) is 73.9 cm³/mol. The largest absolute Gasteiger partial charge is 0.378 e. The van der Waals surface area contributed by atoms with Crippen molar-refractivity contribution in [1.29, 1.82) is 0 Å². The maximum absolute atomic E-state index is 13.8. The summed E-state index contributed by atoms with van der Waals surface area (Å²) in [5.41, 5.74) is 0.0582. The first-order chi connectivity index (χ1) is 8.81. The molecule has 0 spiro atoms. The molecule has 1 aromatic rings. The minimum absolute atomic E-state index is 0.0750. The van der Waals surface area contributed by atoms with Gasteiger partial charge in [-0.3, -0.25) is 10.1 Å². The van der Waals surface area contributed by atoms with Gasteiger partial charge in [0.2, 0.25) is 0 Å². The number of non-ortho nitro benzene ring substituents is 1. The number of anilines is 1. The van der Waals surface area contributed by atoms with Gasteiger partial charge in [0, 0.05) is 18.7 Å². The normalized spacial score (nSPS) is 12.8. The second-order valence-corrected chi connectivity index (χ2v) is 5.18. The maximum Gasteiger partial charge on any atom is 0.272 e. The average Bonchev–Trinajstić information content (AvgIpc) is 2.29. The van der Waals surface area contributed by atoms with Gasteiger partial charge in [0.15, 0.2) is 5.82 Å². The standard InChI is InChI=1S/C13H20FN3O2/c1-9(2)13(8-16(3)4)15-12-6-5-10(17(18)19)7-11(12)14/h5-7,9,13,15H,8H2,1-4H3. The average molecular weight is 269 g/mol. The van der Waals surface area contributed by atoms with Crippen LogP contribution in [0.2, 0.25) is 0 Å². The molecule has 0 saturated carbocycles. The summed E-state index contributed by atoms with van der Waals surface area (Å²) < 4.78 is 13.8. The van der Waals surface area contributed by atoms with E-state index in [2.05, 4.69) is 5.32 Å². The van der Waals surface area contributed by atoms with E-state index in [0.717, 1.165) is 12.6 Å². The van der Waals surface area contributed by atoms with Gasteiger partial charge in [-0.2, -0.15) is 0 Å². The third-order valence-corrected chi connectivity index (χ3v) is 2.87. The third-order valence-electron chi connectivity index (χ3n) is 2.87. The zero-order valence-electron chi connectivity index (χ0n) is 11.7. The Morgan fingerprint density at radius 3 is 2.47 bits per heavy atom. The van der Waals surface area contributed by atoms with Gasteiger partial charge in [0.1, 0.15) is 0 Å². The number of likely N-dealkylation sites (N-methyl/N-ethyl adjacent to an activating group) is 1. The van der Waals surface area contributed by atoms with Crippen molar-refractivity contribution >= 4 is 11.4 Å². The van der Waals surface area contributed by atoms with Gasteiger partial charge in [-0.05, 0) is 26.1 Å². The zero-order chi connectivity index (χ0) is 14.6. The van der Waals surface area contributed by atoms with Gasteiger partial charge < -0.3 is 10.2 Å². The molecule has 1 aromatic carbocycles. The lowest BCUT2D eigenvalue weighted by Crippen LogP contribution is -2.36. The minimum atomic E-state index is -0.605. The lowest BCUT2D eigenvalue weighted by atomic mass is 10.0. The van der Waals surface area contributed by atoms with Crippen molar-refractivity contribution in [3.05, 3.63) is 34.1 Å². The number of hydrogen-bond donors (Lipinski definition) is 1. The summed E-state index contributed by atoms with van der Waals surface area (Å²) in [4.78, 5) is 12.0. The van der Waals surface area contributed by atoms with Crippen molar-refractivity contribution in [2.45, 2.75) is 19.9 Å². The summed E-state index contributed by atoms with van der Waals surface area (Å²) in [6, 6.07) is 3.73.